The smallest absolute Gasteiger partial charge is 0.120 e. The van der Waals surface area contributed by atoms with E-state index in [0.717, 1.165) is 12.3 Å². The molecule has 0 radical (unpaired) electrons. The zero-order valence-corrected chi connectivity index (χ0v) is 25.8. The second-order valence-electron chi connectivity index (χ2n) is 9.94. The highest BCUT2D eigenvalue weighted by Crippen LogP contribution is 2.30. The van der Waals surface area contributed by atoms with Gasteiger partial charge in [0.15, 0.2) is 0 Å². The summed E-state index contributed by atoms with van der Waals surface area (Å²) in [5.74, 6) is 0.858. The fraction of sp³-hybridized carbons (Fsp3) is 0.625. The van der Waals surface area contributed by atoms with Crippen molar-refractivity contribution in [3.63, 3.8) is 0 Å². The van der Waals surface area contributed by atoms with Crippen molar-refractivity contribution >= 4 is 0 Å². The van der Waals surface area contributed by atoms with Crippen molar-refractivity contribution < 1.29 is 37.9 Å². The average Bonchev–Trinajstić information content (AvgIpc) is 2.94. The largest absolute Gasteiger partial charge is 0.491 e. The van der Waals surface area contributed by atoms with Crippen molar-refractivity contribution in [1.29, 1.82) is 0 Å². The Morgan fingerprint density at radius 2 is 1.05 bits per heavy atom. The lowest BCUT2D eigenvalue weighted by Gasteiger charge is -2.16. The fourth-order valence-corrected chi connectivity index (χ4v) is 3.97. The molecule has 41 heavy (non-hydrogen) atoms. The summed E-state index contributed by atoms with van der Waals surface area (Å²) in [5.41, 5.74) is 6.13. The molecule has 0 unspecified atom stereocenters. The van der Waals surface area contributed by atoms with Crippen LogP contribution in [0.5, 0.6) is 5.75 Å². The van der Waals surface area contributed by atoms with Crippen molar-refractivity contribution in [2.24, 2.45) is 0 Å². The lowest BCUT2D eigenvalue weighted by atomic mass is 9.96. The predicted molar refractivity (Wildman–Crippen MR) is 161 cm³/mol. The molecule has 0 atom stereocenters. The van der Waals surface area contributed by atoms with E-state index < -0.39 is 0 Å². The predicted octanol–water partition coefficient (Wildman–Crippen LogP) is 4.16. The Labute approximate surface area is 246 Å². The second-order valence-corrected chi connectivity index (χ2v) is 9.94. The lowest BCUT2D eigenvalue weighted by Crippen LogP contribution is -2.15. The van der Waals surface area contributed by atoms with E-state index in [0.29, 0.717) is 92.5 Å². The van der Waals surface area contributed by atoms with Gasteiger partial charge < -0.3 is 42.8 Å². The maximum Gasteiger partial charge on any atom is 0.120 e. The van der Waals surface area contributed by atoms with Crippen LogP contribution >= 0.6 is 0 Å². The van der Waals surface area contributed by atoms with E-state index in [1.807, 2.05) is 0 Å². The van der Waals surface area contributed by atoms with Crippen LogP contribution in [0.3, 0.4) is 0 Å². The Hall–Kier alpha value is -2.08. The first-order chi connectivity index (χ1) is 20.0. The lowest BCUT2D eigenvalue weighted by molar-refractivity contribution is -0.0199. The van der Waals surface area contributed by atoms with Gasteiger partial charge in [-0.05, 0) is 68.4 Å². The highest BCUT2D eigenvalue weighted by atomic mass is 16.6. The molecular formula is C32H51NO8. The van der Waals surface area contributed by atoms with Crippen molar-refractivity contribution in [3.8, 4) is 16.9 Å². The van der Waals surface area contributed by atoms with Crippen LogP contribution in [0.15, 0.2) is 36.4 Å². The van der Waals surface area contributed by atoms with Crippen LogP contribution < -0.4 is 4.74 Å². The summed E-state index contributed by atoms with van der Waals surface area (Å²) in [5, 5.41) is 0. The fourth-order valence-electron chi connectivity index (χ4n) is 3.97. The molecule has 0 aliphatic rings. The molecule has 0 bridgehead atoms. The monoisotopic (exact) mass is 577 g/mol. The van der Waals surface area contributed by atoms with E-state index in [2.05, 4.69) is 69.2 Å². The SMILES string of the molecule is COCCOCCOCCOCCOCCOCCOCCOc1cc(CN(C)C)cc(-c2cc(C)ccc2C)c1. The molecule has 0 saturated heterocycles. The van der Waals surface area contributed by atoms with Crippen LogP contribution in [0, 0.1) is 13.8 Å². The second kappa shape index (κ2) is 22.5. The molecule has 2 rings (SSSR count). The van der Waals surface area contributed by atoms with Crippen LogP contribution in [-0.2, 0) is 39.7 Å². The number of methoxy groups -OCH3 is 1. The van der Waals surface area contributed by atoms with Crippen LogP contribution in [0.4, 0.5) is 0 Å². The van der Waals surface area contributed by atoms with Gasteiger partial charge in [-0.3, -0.25) is 0 Å². The standard InChI is InChI=1S/C32H51NO8/c1-27-6-7-28(2)32(22-27)30-23-29(26-33(3)4)24-31(25-30)41-21-20-40-19-18-39-17-16-38-15-14-37-13-12-36-11-10-35-9-8-34-5/h6-7,22-25H,8-21,26H2,1-5H3. The Balaban J connectivity index is 1.49. The molecule has 9 nitrogen and oxygen atoms in total. The van der Waals surface area contributed by atoms with Gasteiger partial charge in [0.2, 0.25) is 0 Å². The quantitative estimate of drug-likeness (QED) is 0.162. The van der Waals surface area contributed by atoms with Crippen LogP contribution in [-0.4, -0.2) is 119 Å². The third-order valence-electron chi connectivity index (χ3n) is 5.96. The van der Waals surface area contributed by atoms with Crippen LogP contribution in [0.2, 0.25) is 0 Å². The molecule has 0 aliphatic carbocycles. The molecule has 2 aromatic rings. The molecule has 0 heterocycles. The van der Waals surface area contributed by atoms with Gasteiger partial charge in [0.25, 0.3) is 0 Å². The summed E-state index contributed by atoms with van der Waals surface area (Å²) < 4.78 is 43.9. The Morgan fingerprint density at radius 1 is 0.561 bits per heavy atom. The van der Waals surface area contributed by atoms with Gasteiger partial charge in [0.05, 0.1) is 85.9 Å². The van der Waals surface area contributed by atoms with Crippen molar-refractivity contribution in [2.75, 3.05) is 114 Å². The van der Waals surface area contributed by atoms with E-state index >= 15 is 0 Å². The van der Waals surface area contributed by atoms with Gasteiger partial charge in [-0.2, -0.15) is 0 Å². The molecule has 0 spiro atoms. The van der Waals surface area contributed by atoms with E-state index in [1.165, 1.54) is 27.8 Å². The highest BCUT2D eigenvalue weighted by molar-refractivity contribution is 5.70. The van der Waals surface area contributed by atoms with E-state index in [9.17, 15) is 0 Å². The first kappa shape index (κ1) is 35.1. The third-order valence-corrected chi connectivity index (χ3v) is 5.96. The van der Waals surface area contributed by atoms with Gasteiger partial charge in [-0.25, -0.2) is 0 Å². The molecule has 0 saturated carbocycles. The number of hydrogen-bond acceptors (Lipinski definition) is 9. The number of hydrogen-bond donors (Lipinski definition) is 0. The molecule has 232 valence electrons. The zero-order chi connectivity index (χ0) is 29.5. The third kappa shape index (κ3) is 16.8. The number of nitrogens with zero attached hydrogens (tertiary/aromatic N) is 1. The molecule has 0 aliphatic heterocycles. The van der Waals surface area contributed by atoms with Gasteiger partial charge in [-0.15, -0.1) is 0 Å². The number of benzene rings is 2. The molecule has 0 fully saturated rings. The van der Waals surface area contributed by atoms with Gasteiger partial charge in [-0.1, -0.05) is 23.8 Å². The molecule has 0 amide bonds. The van der Waals surface area contributed by atoms with Gasteiger partial charge in [0.1, 0.15) is 12.4 Å². The zero-order valence-electron chi connectivity index (χ0n) is 25.8. The number of rotatable bonds is 25. The summed E-state index contributed by atoms with van der Waals surface area (Å²) in [6.07, 6.45) is 0. The van der Waals surface area contributed by atoms with Crippen molar-refractivity contribution in [3.05, 3.63) is 53.1 Å². The van der Waals surface area contributed by atoms with E-state index in [4.69, 9.17) is 37.9 Å². The van der Waals surface area contributed by atoms with E-state index in [1.54, 1.807) is 7.11 Å². The molecular weight excluding hydrogens is 526 g/mol. The summed E-state index contributed by atoms with van der Waals surface area (Å²) in [6.45, 7) is 12.6. The maximum atomic E-state index is 6.06. The number of ether oxygens (including phenoxy) is 8. The Kier molecular flexibility index (Phi) is 19.3. The molecule has 0 N–H and O–H groups in total. The molecule has 0 aromatic heterocycles. The first-order valence-electron chi connectivity index (χ1n) is 14.4. The minimum absolute atomic E-state index is 0.480. The Morgan fingerprint density at radius 3 is 1.54 bits per heavy atom. The topological polar surface area (TPSA) is 77.1 Å². The van der Waals surface area contributed by atoms with Gasteiger partial charge >= 0.3 is 0 Å². The van der Waals surface area contributed by atoms with Crippen LogP contribution in [0.1, 0.15) is 16.7 Å². The first-order valence-corrected chi connectivity index (χ1v) is 14.4. The average molecular weight is 578 g/mol. The Bertz CT molecular complexity index is 940. The normalized spacial score (nSPS) is 11.5. The van der Waals surface area contributed by atoms with Crippen LogP contribution in [0.25, 0.3) is 11.1 Å². The minimum atomic E-state index is 0.480. The summed E-state index contributed by atoms with van der Waals surface area (Å²) in [6, 6.07) is 13.0. The van der Waals surface area contributed by atoms with Crippen molar-refractivity contribution in [2.45, 2.75) is 20.4 Å². The van der Waals surface area contributed by atoms with Gasteiger partial charge in [0, 0.05) is 13.7 Å². The van der Waals surface area contributed by atoms with E-state index in [-0.39, 0.29) is 0 Å². The summed E-state index contributed by atoms with van der Waals surface area (Å²) >= 11 is 0. The summed E-state index contributed by atoms with van der Waals surface area (Å²) in [4.78, 5) is 2.16. The minimum Gasteiger partial charge on any atom is -0.491 e. The highest BCUT2D eigenvalue weighted by Gasteiger charge is 2.08. The molecule has 2 aromatic carbocycles. The maximum absolute atomic E-state index is 6.06. The number of aryl methyl sites for hydroxylation is 2. The van der Waals surface area contributed by atoms with Crippen molar-refractivity contribution in [1.82, 2.24) is 4.90 Å². The molecule has 9 heteroatoms. The summed E-state index contributed by atoms with van der Waals surface area (Å²) in [7, 11) is 5.80.